The third-order valence-electron chi connectivity index (χ3n) is 3.35. The van der Waals surface area contributed by atoms with Gasteiger partial charge in [0.05, 0.1) is 0 Å². The molecule has 1 heterocycles. The molecule has 0 atom stereocenters. The number of aromatic nitrogens is 2. The summed E-state index contributed by atoms with van der Waals surface area (Å²) in [4.78, 5) is 4.14. The fraction of sp³-hybridized carbons (Fsp3) is 0.176. The third-order valence-corrected chi connectivity index (χ3v) is 3.35. The van der Waals surface area contributed by atoms with Crippen molar-refractivity contribution in [3.8, 4) is 23.0 Å². The average Bonchev–Trinajstić information content (AvgIpc) is 3.09. The zero-order valence-corrected chi connectivity index (χ0v) is 13.7. The predicted molar refractivity (Wildman–Crippen MR) is 85.8 cm³/mol. The quantitative estimate of drug-likeness (QED) is 0.603. The Morgan fingerprint density at radius 2 is 1.85 bits per heavy atom. The van der Waals surface area contributed by atoms with E-state index in [1.165, 1.54) is 12.1 Å². The second-order valence-corrected chi connectivity index (χ2v) is 5.36. The van der Waals surface area contributed by atoms with Crippen molar-refractivity contribution in [3.05, 3.63) is 59.9 Å². The fourth-order valence-corrected chi connectivity index (χ4v) is 2.21. The van der Waals surface area contributed by atoms with Crippen LogP contribution in [-0.2, 0) is 13.2 Å². The molecule has 7 nitrogen and oxygen atoms in total. The molecule has 0 bridgehead atoms. The van der Waals surface area contributed by atoms with E-state index in [-0.39, 0.29) is 30.6 Å². The van der Waals surface area contributed by atoms with E-state index in [1.807, 2.05) is 6.07 Å². The van der Waals surface area contributed by atoms with Crippen molar-refractivity contribution >= 4 is 0 Å². The van der Waals surface area contributed by atoms with Crippen LogP contribution < -0.4 is 15.0 Å². The first-order valence-electron chi connectivity index (χ1n) is 7.70. The summed E-state index contributed by atoms with van der Waals surface area (Å²) < 4.78 is 51.0. The van der Waals surface area contributed by atoms with Gasteiger partial charge in [-0.15, -0.1) is 13.2 Å². The minimum absolute atomic E-state index is 0.0365. The molecule has 0 aliphatic heterocycles. The van der Waals surface area contributed by atoms with Crippen LogP contribution in [0.4, 0.5) is 13.2 Å². The van der Waals surface area contributed by atoms with Crippen LogP contribution in [-0.4, -0.2) is 21.7 Å². The number of alkyl halides is 3. The zero-order chi connectivity index (χ0) is 19.3. The Balaban J connectivity index is 1.62. The SMILES string of the molecule is ONCc1cccc(OCc2noc(-c3ccc(OC(F)(F)F)cc3)n2)c1. The highest BCUT2D eigenvalue weighted by molar-refractivity contribution is 5.54. The van der Waals surface area contributed by atoms with Crippen molar-refractivity contribution in [2.75, 3.05) is 0 Å². The number of hydrogen-bond acceptors (Lipinski definition) is 7. The van der Waals surface area contributed by atoms with Gasteiger partial charge in [0, 0.05) is 12.1 Å². The molecule has 2 N–H and O–H groups in total. The average molecular weight is 381 g/mol. The topological polar surface area (TPSA) is 89.6 Å². The number of ether oxygens (including phenoxy) is 2. The van der Waals surface area contributed by atoms with Gasteiger partial charge in [0.15, 0.2) is 6.61 Å². The molecule has 3 rings (SSSR count). The molecule has 0 spiro atoms. The Kier molecular flexibility index (Phi) is 5.57. The molecule has 10 heteroatoms. The van der Waals surface area contributed by atoms with Crippen molar-refractivity contribution in [2.24, 2.45) is 0 Å². The first-order chi connectivity index (χ1) is 12.9. The van der Waals surface area contributed by atoms with Gasteiger partial charge in [-0.2, -0.15) is 4.98 Å². The molecule has 0 aliphatic carbocycles. The first-order valence-corrected chi connectivity index (χ1v) is 7.70. The lowest BCUT2D eigenvalue weighted by Crippen LogP contribution is -2.16. The van der Waals surface area contributed by atoms with E-state index in [0.29, 0.717) is 11.3 Å². The van der Waals surface area contributed by atoms with Crippen molar-refractivity contribution in [1.29, 1.82) is 0 Å². The second kappa shape index (κ2) is 8.06. The largest absolute Gasteiger partial charge is 0.573 e. The van der Waals surface area contributed by atoms with Crippen molar-refractivity contribution in [3.63, 3.8) is 0 Å². The monoisotopic (exact) mass is 381 g/mol. The van der Waals surface area contributed by atoms with Crippen LogP contribution in [0.1, 0.15) is 11.4 Å². The number of halogens is 3. The van der Waals surface area contributed by atoms with Gasteiger partial charge in [-0.1, -0.05) is 17.3 Å². The van der Waals surface area contributed by atoms with Crippen LogP contribution >= 0.6 is 0 Å². The Hall–Kier alpha value is -3.11. The summed E-state index contributed by atoms with van der Waals surface area (Å²) in [5.74, 6) is 0.631. The van der Waals surface area contributed by atoms with E-state index in [2.05, 4.69) is 20.4 Å². The summed E-state index contributed by atoms with van der Waals surface area (Å²) >= 11 is 0. The van der Waals surface area contributed by atoms with Crippen LogP contribution in [0, 0.1) is 0 Å². The smallest absolute Gasteiger partial charge is 0.485 e. The van der Waals surface area contributed by atoms with E-state index in [1.54, 1.807) is 18.2 Å². The first kappa shape index (κ1) is 18.7. The van der Waals surface area contributed by atoms with Gasteiger partial charge in [-0.05, 0) is 42.0 Å². The van der Waals surface area contributed by atoms with Gasteiger partial charge in [-0.25, -0.2) is 5.48 Å². The summed E-state index contributed by atoms with van der Waals surface area (Å²) in [7, 11) is 0. The minimum atomic E-state index is -4.75. The lowest BCUT2D eigenvalue weighted by atomic mass is 10.2. The minimum Gasteiger partial charge on any atom is -0.485 e. The molecule has 0 aliphatic rings. The van der Waals surface area contributed by atoms with E-state index >= 15 is 0 Å². The number of rotatable bonds is 7. The van der Waals surface area contributed by atoms with Crippen LogP contribution in [0.25, 0.3) is 11.5 Å². The van der Waals surface area contributed by atoms with Gasteiger partial charge in [-0.3, -0.25) is 0 Å². The third kappa shape index (κ3) is 5.43. The fourth-order valence-electron chi connectivity index (χ4n) is 2.21. The highest BCUT2D eigenvalue weighted by atomic mass is 19.4. The molecule has 0 fully saturated rings. The van der Waals surface area contributed by atoms with Crippen molar-refractivity contribution in [1.82, 2.24) is 15.6 Å². The number of hydrogen-bond donors (Lipinski definition) is 2. The maximum Gasteiger partial charge on any atom is 0.573 e. The van der Waals surface area contributed by atoms with Crippen LogP contribution in [0.15, 0.2) is 53.1 Å². The highest BCUT2D eigenvalue weighted by Crippen LogP contribution is 2.26. The molecule has 2 aromatic carbocycles. The van der Waals surface area contributed by atoms with E-state index in [4.69, 9.17) is 14.5 Å². The summed E-state index contributed by atoms with van der Waals surface area (Å²) in [5.41, 5.74) is 3.32. The second-order valence-electron chi connectivity index (χ2n) is 5.36. The number of nitrogens with zero attached hydrogens (tertiary/aromatic N) is 2. The maximum absolute atomic E-state index is 12.2. The lowest BCUT2D eigenvalue weighted by molar-refractivity contribution is -0.274. The van der Waals surface area contributed by atoms with E-state index < -0.39 is 6.36 Å². The number of benzene rings is 2. The number of hydroxylamine groups is 1. The van der Waals surface area contributed by atoms with Crippen molar-refractivity contribution < 1.29 is 32.4 Å². The normalized spacial score (nSPS) is 11.4. The summed E-state index contributed by atoms with van der Waals surface area (Å²) in [6, 6.07) is 12.1. The summed E-state index contributed by atoms with van der Waals surface area (Å²) in [6.07, 6.45) is -4.75. The molecule has 1 aromatic heterocycles. The Bertz CT molecular complexity index is 882. The summed E-state index contributed by atoms with van der Waals surface area (Å²) in [6.45, 7) is 0.312. The van der Waals surface area contributed by atoms with Gasteiger partial charge < -0.3 is 19.2 Å². The molecule has 0 saturated heterocycles. The molecule has 0 unspecified atom stereocenters. The lowest BCUT2D eigenvalue weighted by Gasteiger charge is -2.08. The molecule has 3 aromatic rings. The Labute approximate surface area is 151 Å². The van der Waals surface area contributed by atoms with Gasteiger partial charge in [0.2, 0.25) is 5.82 Å². The van der Waals surface area contributed by atoms with Gasteiger partial charge in [0.1, 0.15) is 11.5 Å². The molecule has 0 amide bonds. The number of nitrogens with one attached hydrogen (secondary N) is 1. The van der Waals surface area contributed by atoms with Crippen LogP contribution in [0.5, 0.6) is 11.5 Å². The molecule has 0 saturated carbocycles. The van der Waals surface area contributed by atoms with E-state index in [0.717, 1.165) is 17.7 Å². The molecular formula is C17H14F3N3O4. The standard InChI is InChI=1S/C17H14F3N3O4/c18-17(19,20)26-13-6-4-12(5-7-13)16-22-15(23-27-16)10-25-14-3-1-2-11(8-14)9-21-24/h1-8,21,24H,9-10H2. The van der Waals surface area contributed by atoms with Crippen LogP contribution in [0.3, 0.4) is 0 Å². The molecule has 27 heavy (non-hydrogen) atoms. The zero-order valence-electron chi connectivity index (χ0n) is 13.7. The summed E-state index contributed by atoms with van der Waals surface area (Å²) in [5, 5.41) is 12.5. The van der Waals surface area contributed by atoms with E-state index in [9.17, 15) is 13.2 Å². The Morgan fingerprint density at radius 1 is 1.07 bits per heavy atom. The van der Waals surface area contributed by atoms with Gasteiger partial charge >= 0.3 is 6.36 Å². The Morgan fingerprint density at radius 3 is 2.56 bits per heavy atom. The van der Waals surface area contributed by atoms with Crippen molar-refractivity contribution in [2.45, 2.75) is 19.5 Å². The molecule has 0 radical (unpaired) electrons. The van der Waals surface area contributed by atoms with Crippen LogP contribution in [0.2, 0.25) is 0 Å². The maximum atomic E-state index is 12.2. The molecular weight excluding hydrogens is 367 g/mol. The highest BCUT2D eigenvalue weighted by Gasteiger charge is 2.31. The van der Waals surface area contributed by atoms with Gasteiger partial charge in [0.25, 0.3) is 5.89 Å². The predicted octanol–water partition coefficient (Wildman–Crippen LogP) is 3.69. The molecule has 142 valence electrons.